The molecule has 0 aromatic carbocycles. The van der Waals surface area contributed by atoms with Gasteiger partial charge in [-0.3, -0.25) is 0 Å². The Bertz CT molecular complexity index is 320. The summed E-state index contributed by atoms with van der Waals surface area (Å²) in [5.41, 5.74) is 0.439. The lowest BCUT2D eigenvalue weighted by Crippen LogP contribution is -2.18. The molecule has 0 fully saturated rings. The Morgan fingerprint density at radius 3 is 2.38 bits per heavy atom. The van der Waals surface area contributed by atoms with Gasteiger partial charge in [0.2, 0.25) is 0 Å². The molecule has 1 aromatic rings. The Hall–Kier alpha value is -0.230. The normalized spacial score (nSPS) is 12.2. The van der Waals surface area contributed by atoms with Gasteiger partial charge in [-0.2, -0.15) is 18.3 Å². The highest BCUT2D eigenvalue weighted by Crippen LogP contribution is 2.28. The predicted molar refractivity (Wildman–Crippen MR) is 45.7 cm³/mol. The van der Waals surface area contributed by atoms with Crippen LogP contribution in [0.1, 0.15) is 5.69 Å². The molecule has 13 heavy (non-hydrogen) atoms. The Morgan fingerprint density at radius 2 is 2.08 bits per heavy atom. The maximum atomic E-state index is 11.9. The van der Waals surface area contributed by atoms with E-state index in [1.165, 1.54) is 0 Å². The van der Waals surface area contributed by atoms with Crippen LogP contribution in [-0.2, 0) is 6.54 Å². The summed E-state index contributed by atoms with van der Waals surface area (Å²) in [5, 5.41) is 3.58. The van der Waals surface area contributed by atoms with Crippen molar-refractivity contribution >= 4 is 27.5 Å². The fourth-order valence-electron chi connectivity index (χ4n) is 0.806. The SMILES string of the molecule is Cc1nn(CC(F)(F)F)c(Cl)c1Br. The first-order valence-electron chi connectivity index (χ1n) is 3.26. The third-order valence-electron chi connectivity index (χ3n) is 1.33. The summed E-state index contributed by atoms with van der Waals surface area (Å²) >= 11 is 8.60. The first kappa shape index (κ1) is 10.8. The molecule has 0 saturated heterocycles. The lowest BCUT2D eigenvalue weighted by molar-refractivity contribution is -0.142. The third-order valence-corrected chi connectivity index (χ3v) is 2.89. The average Bonchev–Trinajstić information content (AvgIpc) is 2.15. The Kier molecular flexibility index (Phi) is 2.91. The monoisotopic (exact) mass is 276 g/mol. The quantitative estimate of drug-likeness (QED) is 0.771. The number of aryl methyl sites for hydroxylation is 1. The van der Waals surface area contributed by atoms with E-state index in [1.807, 2.05) is 0 Å². The van der Waals surface area contributed by atoms with Gasteiger partial charge in [0.25, 0.3) is 0 Å². The van der Waals surface area contributed by atoms with Crippen LogP contribution < -0.4 is 0 Å². The van der Waals surface area contributed by atoms with Gasteiger partial charge in [-0.25, -0.2) is 4.68 Å². The van der Waals surface area contributed by atoms with Crippen LogP contribution in [-0.4, -0.2) is 16.0 Å². The topological polar surface area (TPSA) is 17.8 Å². The molecule has 0 aliphatic heterocycles. The van der Waals surface area contributed by atoms with Gasteiger partial charge in [0.05, 0.1) is 10.2 Å². The van der Waals surface area contributed by atoms with Crippen molar-refractivity contribution < 1.29 is 13.2 Å². The van der Waals surface area contributed by atoms with Gasteiger partial charge < -0.3 is 0 Å². The highest BCUT2D eigenvalue weighted by Gasteiger charge is 2.30. The molecular weight excluding hydrogens is 272 g/mol. The van der Waals surface area contributed by atoms with Crippen LogP contribution in [0.25, 0.3) is 0 Å². The van der Waals surface area contributed by atoms with E-state index < -0.39 is 12.7 Å². The summed E-state index contributed by atoms with van der Waals surface area (Å²) in [6.07, 6.45) is -4.30. The van der Waals surface area contributed by atoms with E-state index >= 15 is 0 Å². The molecule has 0 unspecified atom stereocenters. The van der Waals surface area contributed by atoms with Crippen LogP contribution in [0.2, 0.25) is 5.15 Å². The standard InChI is InChI=1S/C6H5BrClF3N2/c1-3-4(7)5(8)13(12-3)2-6(9,10)11/h2H2,1H3. The largest absolute Gasteiger partial charge is 0.408 e. The summed E-state index contributed by atoms with van der Waals surface area (Å²) in [6, 6.07) is 0. The van der Waals surface area contributed by atoms with Gasteiger partial charge in [0, 0.05) is 0 Å². The number of nitrogens with zero attached hydrogens (tertiary/aromatic N) is 2. The van der Waals surface area contributed by atoms with Crippen molar-refractivity contribution in [2.45, 2.75) is 19.6 Å². The minimum atomic E-state index is -4.30. The van der Waals surface area contributed by atoms with Crippen LogP contribution in [0, 0.1) is 6.92 Å². The molecular formula is C6H5BrClF3N2. The van der Waals surface area contributed by atoms with Gasteiger partial charge in [-0.05, 0) is 22.9 Å². The number of hydrogen-bond donors (Lipinski definition) is 0. The number of aromatic nitrogens is 2. The Balaban J connectivity index is 2.97. The molecule has 0 amide bonds. The third kappa shape index (κ3) is 2.60. The summed E-state index contributed by atoms with van der Waals surface area (Å²) in [4.78, 5) is 0. The fourth-order valence-corrected chi connectivity index (χ4v) is 1.32. The molecule has 2 nitrogen and oxygen atoms in total. The molecule has 0 saturated carbocycles. The second-order valence-electron chi connectivity index (χ2n) is 2.46. The van der Waals surface area contributed by atoms with Crippen molar-refractivity contribution in [3.63, 3.8) is 0 Å². The lowest BCUT2D eigenvalue weighted by Gasteiger charge is -2.06. The van der Waals surface area contributed by atoms with Crippen LogP contribution in [0.15, 0.2) is 4.47 Å². The van der Waals surface area contributed by atoms with E-state index in [0.29, 0.717) is 14.8 Å². The zero-order valence-corrected chi connectivity index (χ0v) is 8.83. The highest BCUT2D eigenvalue weighted by atomic mass is 79.9. The van der Waals surface area contributed by atoms with E-state index in [2.05, 4.69) is 21.0 Å². The maximum absolute atomic E-state index is 11.9. The van der Waals surface area contributed by atoms with Gasteiger partial charge in [0.15, 0.2) is 0 Å². The van der Waals surface area contributed by atoms with E-state index in [9.17, 15) is 13.2 Å². The van der Waals surface area contributed by atoms with E-state index in [-0.39, 0.29) is 5.15 Å². The van der Waals surface area contributed by atoms with Crippen LogP contribution >= 0.6 is 27.5 Å². The average molecular weight is 277 g/mol. The van der Waals surface area contributed by atoms with Crippen molar-refractivity contribution in [3.05, 3.63) is 15.3 Å². The second-order valence-corrected chi connectivity index (χ2v) is 3.61. The van der Waals surface area contributed by atoms with Gasteiger partial charge in [-0.1, -0.05) is 11.6 Å². The van der Waals surface area contributed by atoms with Crippen molar-refractivity contribution in [1.29, 1.82) is 0 Å². The summed E-state index contributed by atoms with van der Waals surface area (Å²) in [6.45, 7) is 0.404. The Labute approximate surface area is 85.8 Å². The Morgan fingerprint density at radius 1 is 1.54 bits per heavy atom. The molecule has 7 heteroatoms. The molecule has 1 rings (SSSR count). The molecule has 74 valence electrons. The van der Waals surface area contributed by atoms with Gasteiger partial charge in [0.1, 0.15) is 11.7 Å². The number of halogens is 5. The molecule has 0 bridgehead atoms. The summed E-state index contributed by atoms with van der Waals surface area (Å²) < 4.78 is 36.9. The van der Waals surface area contributed by atoms with Crippen molar-refractivity contribution in [3.8, 4) is 0 Å². The number of alkyl halides is 3. The maximum Gasteiger partial charge on any atom is 0.408 e. The number of hydrogen-bond acceptors (Lipinski definition) is 1. The molecule has 1 heterocycles. The van der Waals surface area contributed by atoms with Crippen LogP contribution in [0.4, 0.5) is 13.2 Å². The van der Waals surface area contributed by atoms with E-state index in [1.54, 1.807) is 6.92 Å². The lowest BCUT2D eigenvalue weighted by atomic mass is 10.5. The minimum Gasteiger partial charge on any atom is -0.243 e. The first-order chi connectivity index (χ1) is 5.81. The zero-order chi connectivity index (χ0) is 10.2. The molecule has 0 radical (unpaired) electrons. The molecule has 0 atom stereocenters. The first-order valence-corrected chi connectivity index (χ1v) is 4.43. The van der Waals surface area contributed by atoms with Gasteiger partial charge >= 0.3 is 6.18 Å². The summed E-state index contributed by atoms with van der Waals surface area (Å²) in [7, 11) is 0. The van der Waals surface area contributed by atoms with Crippen LogP contribution in [0.5, 0.6) is 0 Å². The second kappa shape index (κ2) is 3.49. The minimum absolute atomic E-state index is 0.0326. The highest BCUT2D eigenvalue weighted by molar-refractivity contribution is 9.10. The zero-order valence-electron chi connectivity index (χ0n) is 6.49. The molecule has 0 spiro atoms. The van der Waals surface area contributed by atoms with E-state index in [4.69, 9.17) is 11.6 Å². The predicted octanol–water partition coefficient (Wildman–Crippen LogP) is 3.17. The smallest absolute Gasteiger partial charge is 0.243 e. The molecule has 1 aromatic heterocycles. The van der Waals surface area contributed by atoms with Gasteiger partial charge in [-0.15, -0.1) is 0 Å². The van der Waals surface area contributed by atoms with Crippen LogP contribution in [0.3, 0.4) is 0 Å². The molecule has 0 aliphatic rings. The molecule has 0 N–H and O–H groups in total. The molecule has 0 aliphatic carbocycles. The van der Waals surface area contributed by atoms with Crippen molar-refractivity contribution in [2.24, 2.45) is 0 Å². The summed E-state index contributed by atoms with van der Waals surface area (Å²) in [5.74, 6) is 0. The van der Waals surface area contributed by atoms with E-state index in [0.717, 1.165) is 0 Å². The fraction of sp³-hybridized carbons (Fsp3) is 0.500. The van der Waals surface area contributed by atoms with Crippen molar-refractivity contribution in [2.75, 3.05) is 0 Å². The van der Waals surface area contributed by atoms with Crippen molar-refractivity contribution in [1.82, 2.24) is 9.78 Å². The number of rotatable bonds is 1.